The number of benzene rings is 2. The van der Waals surface area contributed by atoms with Crippen molar-refractivity contribution in [3.05, 3.63) is 83.7 Å². The van der Waals surface area contributed by atoms with E-state index in [4.69, 9.17) is 4.74 Å². The van der Waals surface area contributed by atoms with Crippen LogP contribution < -0.4 is 20.3 Å². The molecule has 0 saturated carbocycles. The minimum absolute atomic E-state index is 0.0578. The maximum atomic E-state index is 14.4. The Hall–Kier alpha value is -3.87. The van der Waals surface area contributed by atoms with Crippen molar-refractivity contribution in [3.8, 4) is 5.75 Å². The maximum Gasteiger partial charge on any atom is 0.263 e. The molecule has 1 atom stereocenters. The molecule has 194 valence electrons. The van der Waals surface area contributed by atoms with E-state index in [0.29, 0.717) is 35.7 Å². The molecule has 0 fully saturated rings. The molecule has 1 unspecified atom stereocenters. The highest BCUT2D eigenvalue weighted by molar-refractivity contribution is 6.12. The van der Waals surface area contributed by atoms with Crippen LogP contribution in [0.15, 0.2) is 67.0 Å². The number of amides is 2. The molecular weight excluding hydrogens is 464 g/mol. The Balaban J connectivity index is 1.89. The lowest BCUT2D eigenvalue weighted by Gasteiger charge is -2.34. The van der Waals surface area contributed by atoms with Crippen molar-refractivity contribution in [2.75, 3.05) is 23.4 Å². The van der Waals surface area contributed by atoms with Crippen LogP contribution in [0.3, 0.4) is 0 Å². The summed E-state index contributed by atoms with van der Waals surface area (Å²) in [6.07, 6.45) is 3.29. The Morgan fingerprint density at radius 3 is 2.35 bits per heavy atom. The van der Waals surface area contributed by atoms with Gasteiger partial charge in [-0.25, -0.2) is 0 Å². The molecular formula is C30H36N4O3. The molecule has 0 saturated heterocycles. The number of fused-ring (bicyclic) bond motifs is 1. The summed E-state index contributed by atoms with van der Waals surface area (Å²) in [6, 6.07) is 15.9. The Morgan fingerprint density at radius 2 is 1.73 bits per heavy atom. The number of nitrogens with zero attached hydrogens (tertiary/aromatic N) is 2. The lowest BCUT2D eigenvalue weighted by molar-refractivity contribution is -0.123. The normalized spacial score (nSPS) is 14.0. The van der Waals surface area contributed by atoms with Gasteiger partial charge in [0.15, 0.2) is 5.75 Å². The molecule has 37 heavy (non-hydrogen) atoms. The average Bonchev–Trinajstić information content (AvgIpc) is 2.85. The van der Waals surface area contributed by atoms with E-state index in [-0.39, 0.29) is 17.2 Å². The SMILES string of the molecule is CC(C)(C)NC(=O)C(c1cccnc1)N(C(=O)c1cccc2c1OCCN2)c1ccc(C(C)(C)C)cc1. The first kappa shape index (κ1) is 26.2. The zero-order chi connectivity index (χ0) is 26.8. The molecule has 1 aliphatic heterocycles. The smallest absolute Gasteiger partial charge is 0.263 e. The van der Waals surface area contributed by atoms with Gasteiger partial charge >= 0.3 is 0 Å². The fourth-order valence-corrected chi connectivity index (χ4v) is 4.37. The van der Waals surface area contributed by atoms with Crippen LogP contribution in [-0.2, 0) is 10.2 Å². The number of nitrogens with one attached hydrogen (secondary N) is 2. The topological polar surface area (TPSA) is 83.6 Å². The molecule has 0 bridgehead atoms. The third kappa shape index (κ3) is 5.93. The summed E-state index contributed by atoms with van der Waals surface area (Å²) in [4.78, 5) is 34.1. The highest BCUT2D eigenvalue weighted by Gasteiger charge is 2.37. The largest absolute Gasteiger partial charge is 0.489 e. The fourth-order valence-electron chi connectivity index (χ4n) is 4.37. The number of carbonyl (C=O) groups is 2. The van der Waals surface area contributed by atoms with Crippen LogP contribution in [0, 0.1) is 0 Å². The monoisotopic (exact) mass is 500 g/mol. The molecule has 4 rings (SSSR count). The molecule has 2 amide bonds. The predicted octanol–water partition coefficient (Wildman–Crippen LogP) is 5.49. The summed E-state index contributed by atoms with van der Waals surface area (Å²) in [6.45, 7) is 13.3. The molecule has 0 radical (unpaired) electrons. The van der Waals surface area contributed by atoms with Crippen molar-refractivity contribution >= 4 is 23.2 Å². The summed E-state index contributed by atoms with van der Waals surface area (Å²) < 4.78 is 5.93. The Morgan fingerprint density at radius 1 is 1.00 bits per heavy atom. The van der Waals surface area contributed by atoms with Gasteiger partial charge in [-0.2, -0.15) is 0 Å². The van der Waals surface area contributed by atoms with Crippen LogP contribution in [0.1, 0.15) is 69.1 Å². The molecule has 2 heterocycles. The first-order chi connectivity index (χ1) is 17.5. The highest BCUT2D eigenvalue weighted by atomic mass is 16.5. The standard InChI is InChI=1S/C30H36N4O3/c1-29(2,3)21-12-14-22(15-13-21)34(28(36)23-10-7-11-24-26(23)37-18-17-32-24)25(20-9-8-16-31-19-20)27(35)33-30(4,5)6/h7-16,19,25,32H,17-18H2,1-6H3,(H,33,35). The number of ether oxygens (including phenoxy) is 1. The lowest BCUT2D eigenvalue weighted by atomic mass is 9.87. The van der Waals surface area contributed by atoms with Crippen LogP contribution in [0.25, 0.3) is 0 Å². The zero-order valence-electron chi connectivity index (χ0n) is 22.5. The number of anilines is 2. The van der Waals surface area contributed by atoms with E-state index in [9.17, 15) is 9.59 Å². The third-order valence-electron chi connectivity index (χ3n) is 6.14. The number of aromatic nitrogens is 1. The van der Waals surface area contributed by atoms with Gasteiger partial charge in [0.05, 0.1) is 11.3 Å². The quantitative estimate of drug-likeness (QED) is 0.484. The number of hydrogen-bond donors (Lipinski definition) is 2. The van der Waals surface area contributed by atoms with Gasteiger partial charge in [-0.15, -0.1) is 0 Å². The van der Waals surface area contributed by atoms with E-state index in [1.165, 1.54) is 0 Å². The van der Waals surface area contributed by atoms with Crippen LogP contribution >= 0.6 is 0 Å². The average molecular weight is 501 g/mol. The van der Waals surface area contributed by atoms with Crippen molar-refractivity contribution in [2.24, 2.45) is 0 Å². The van der Waals surface area contributed by atoms with Gasteiger partial charge in [0.1, 0.15) is 12.6 Å². The molecule has 0 spiro atoms. The highest BCUT2D eigenvalue weighted by Crippen LogP contribution is 2.37. The van der Waals surface area contributed by atoms with E-state index in [1.807, 2.05) is 63.2 Å². The Bertz CT molecular complexity index is 1260. The van der Waals surface area contributed by atoms with E-state index < -0.39 is 11.6 Å². The van der Waals surface area contributed by atoms with Gasteiger partial charge in [-0.1, -0.05) is 45.0 Å². The second-order valence-corrected chi connectivity index (χ2v) is 11.4. The Kier molecular flexibility index (Phi) is 7.25. The minimum Gasteiger partial charge on any atom is -0.489 e. The summed E-state index contributed by atoms with van der Waals surface area (Å²) in [5.74, 6) is -0.129. The predicted molar refractivity (Wildman–Crippen MR) is 147 cm³/mol. The van der Waals surface area contributed by atoms with E-state index in [0.717, 1.165) is 11.3 Å². The zero-order valence-corrected chi connectivity index (χ0v) is 22.5. The van der Waals surface area contributed by atoms with Crippen molar-refractivity contribution in [1.82, 2.24) is 10.3 Å². The summed E-state index contributed by atoms with van der Waals surface area (Å²) in [5.41, 5.74) is 2.95. The van der Waals surface area contributed by atoms with E-state index in [1.54, 1.807) is 29.4 Å². The van der Waals surface area contributed by atoms with Crippen LogP contribution in [0.2, 0.25) is 0 Å². The Labute approximate surface area is 219 Å². The minimum atomic E-state index is -0.951. The number of para-hydroxylation sites is 1. The van der Waals surface area contributed by atoms with Crippen molar-refractivity contribution in [1.29, 1.82) is 0 Å². The van der Waals surface area contributed by atoms with Crippen molar-refractivity contribution in [2.45, 2.75) is 58.5 Å². The van der Waals surface area contributed by atoms with Gasteiger partial charge in [0.2, 0.25) is 5.91 Å². The number of pyridine rings is 1. The molecule has 7 heteroatoms. The second-order valence-electron chi connectivity index (χ2n) is 11.4. The van der Waals surface area contributed by atoms with Gasteiger partial charge in [0, 0.05) is 35.7 Å². The van der Waals surface area contributed by atoms with Crippen molar-refractivity contribution in [3.63, 3.8) is 0 Å². The van der Waals surface area contributed by atoms with E-state index >= 15 is 0 Å². The number of rotatable bonds is 5. The van der Waals surface area contributed by atoms with Gasteiger partial charge in [-0.3, -0.25) is 19.5 Å². The number of hydrogen-bond acceptors (Lipinski definition) is 5. The summed E-state index contributed by atoms with van der Waals surface area (Å²) >= 11 is 0. The molecule has 2 N–H and O–H groups in total. The maximum absolute atomic E-state index is 14.4. The first-order valence-electron chi connectivity index (χ1n) is 12.6. The van der Waals surface area contributed by atoms with Crippen LogP contribution in [-0.4, -0.2) is 35.5 Å². The molecule has 7 nitrogen and oxygen atoms in total. The van der Waals surface area contributed by atoms with Crippen LogP contribution in [0.4, 0.5) is 11.4 Å². The lowest BCUT2D eigenvalue weighted by Crippen LogP contribution is -2.49. The van der Waals surface area contributed by atoms with Gasteiger partial charge in [0.25, 0.3) is 5.91 Å². The summed E-state index contributed by atoms with van der Waals surface area (Å²) in [7, 11) is 0. The van der Waals surface area contributed by atoms with Crippen LogP contribution in [0.5, 0.6) is 5.75 Å². The first-order valence-corrected chi connectivity index (χ1v) is 12.6. The molecule has 3 aromatic rings. The number of carbonyl (C=O) groups excluding carboxylic acids is 2. The molecule has 1 aliphatic rings. The van der Waals surface area contributed by atoms with Gasteiger partial charge < -0.3 is 15.4 Å². The third-order valence-corrected chi connectivity index (χ3v) is 6.14. The van der Waals surface area contributed by atoms with Gasteiger partial charge in [-0.05, 0) is 62.1 Å². The molecule has 0 aliphatic carbocycles. The second kappa shape index (κ2) is 10.2. The van der Waals surface area contributed by atoms with E-state index in [2.05, 4.69) is 36.4 Å². The van der Waals surface area contributed by atoms with Crippen molar-refractivity contribution < 1.29 is 14.3 Å². The summed E-state index contributed by atoms with van der Waals surface area (Å²) in [5, 5.41) is 6.36. The molecule has 1 aromatic heterocycles. The fraction of sp³-hybridized carbons (Fsp3) is 0.367. The molecule has 2 aromatic carbocycles.